The molecule has 5 aromatic rings. The molecule has 0 radical (unpaired) electrons. The lowest BCUT2D eigenvalue weighted by atomic mass is 9.58. The molecule has 37 heavy (non-hydrogen) atoms. The zero-order chi connectivity index (χ0) is 25.9. The van der Waals surface area contributed by atoms with Crippen LogP contribution in [-0.4, -0.2) is 7.28 Å². The van der Waals surface area contributed by atoms with Crippen molar-refractivity contribution in [2.75, 3.05) is 0 Å². The lowest BCUT2D eigenvalue weighted by molar-refractivity contribution is 1.41. The molecular formula is C36H33B. The number of aryl methyl sites for hydroxylation is 4. The second-order valence-corrected chi connectivity index (χ2v) is 10.1. The Labute approximate surface area is 222 Å². The first-order valence-electron chi connectivity index (χ1n) is 13.0. The highest BCUT2D eigenvalue weighted by atomic mass is 14.1. The highest BCUT2D eigenvalue weighted by Crippen LogP contribution is 2.26. The van der Waals surface area contributed by atoms with Gasteiger partial charge in [-0.05, 0) is 66.6 Å². The van der Waals surface area contributed by atoms with E-state index in [-0.39, 0.29) is 0 Å². The summed E-state index contributed by atoms with van der Waals surface area (Å²) >= 11 is 0. The van der Waals surface area contributed by atoms with Crippen molar-refractivity contribution in [1.82, 2.24) is 0 Å². The predicted octanol–water partition coefficient (Wildman–Crippen LogP) is 7.95. The van der Waals surface area contributed by atoms with E-state index >= 15 is 0 Å². The number of hydrogen-bond donors (Lipinski definition) is 0. The normalized spacial score (nSPS) is 10.8. The maximum absolute atomic E-state index is 3.86. The van der Waals surface area contributed by atoms with E-state index in [1.54, 1.807) is 0 Å². The van der Waals surface area contributed by atoms with Crippen molar-refractivity contribution in [2.45, 2.75) is 27.7 Å². The summed E-state index contributed by atoms with van der Waals surface area (Å²) in [6, 6.07) is 37.5. The van der Waals surface area contributed by atoms with Crippen LogP contribution in [0.3, 0.4) is 0 Å². The molecule has 0 nitrogen and oxygen atoms in total. The van der Waals surface area contributed by atoms with E-state index in [0.29, 0.717) is 0 Å². The minimum Gasteiger partial charge on any atom is -0.0985 e. The molecule has 0 unspecified atom stereocenters. The van der Waals surface area contributed by atoms with Crippen LogP contribution in [0, 0.1) is 27.7 Å². The molecule has 0 aliphatic heterocycles. The van der Waals surface area contributed by atoms with Crippen LogP contribution >= 0.6 is 0 Å². The maximum Gasteiger partial charge on any atom is 0.193 e. The van der Waals surface area contributed by atoms with E-state index in [1.807, 2.05) is 6.08 Å². The summed E-state index contributed by atoms with van der Waals surface area (Å²) < 4.78 is 0. The molecule has 0 aromatic heterocycles. The second-order valence-electron chi connectivity index (χ2n) is 10.1. The Morgan fingerprint density at radius 3 is 1.22 bits per heavy atom. The van der Waals surface area contributed by atoms with E-state index < -0.39 is 0 Å². The summed E-state index contributed by atoms with van der Waals surface area (Å²) in [5.74, 6) is 0. The highest BCUT2D eigenvalue weighted by molar-refractivity contribution is 6.69. The molecule has 5 rings (SSSR count). The molecule has 0 bridgehead atoms. The van der Waals surface area contributed by atoms with Gasteiger partial charge in [-0.1, -0.05) is 149 Å². The van der Waals surface area contributed by atoms with Crippen molar-refractivity contribution in [2.24, 2.45) is 0 Å². The third-order valence-corrected chi connectivity index (χ3v) is 7.55. The van der Waals surface area contributed by atoms with Gasteiger partial charge in [-0.3, -0.25) is 0 Å². The van der Waals surface area contributed by atoms with E-state index in [0.717, 1.165) is 12.8 Å². The molecule has 0 N–H and O–H groups in total. The van der Waals surface area contributed by atoms with Crippen molar-refractivity contribution >= 4 is 24.3 Å². The van der Waals surface area contributed by atoms with Gasteiger partial charge in [0, 0.05) is 0 Å². The van der Waals surface area contributed by atoms with Crippen LogP contribution in [0.15, 0.2) is 110 Å². The molecule has 0 heterocycles. The molecule has 0 atom stereocenters. The smallest absolute Gasteiger partial charge is 0.0985 e. The van der Waals surface area contributed by atoms with E-state index in [4.69, 9.17) is 0 Å². The standard InChI is InChI=1S/C36H33B/c1-6-28-12-14-31(15-13-28)33-20-24(2)35(25(3)21-33)37-36-26(4)22-34(23-27(36)5)32-18-16-30(17-19-32)29-10-8-7-9-11-29/h6-23,37H,1H2,2-5H3. The van der Waals surface area contributed by atoms with Crippen molar-refractivity contribution in [3.8, 4) is 33.4 Å². The molecule has 0 saturated heterocycles. The largest absolute Gasteiger partial charge is 0.193 e. The van der Waals surface area contributed by atoms with Crippen LogP contribution in [-0.2, 0) is 0 Å². The highest BCUT2D eigenvalue weighted by Gasteiger charge is 2.14. The maximum atomic E-state index is 3.86. The Bertz CT molecular complexity index is 1510. The fourth-order valence-corrected chi connectivity index (χ4v) is 5.35. The van der Waals surface area contributed by atoms with E-state index in [1.165, 1.54) is 66.6 Å². The van der Waals surface area contributed by atoms with Gasteiger partial charge in [0.25, 0.3) is 0 Å². The van der Waals surface area contributed by atoms with Gasteiger partial charge in [0.2, 0.25) is 0 Å². The Morgan fingerprint density at radius 1 is 0.459 bits per heavy atom. The molecule has 0 fully saturated rings. The fraction of sp³-hybridized carbons (Fsp3) is 0.111. The minimum atomic E-state index is 0.957. The van der Waals surface area contributed by atoms with Crippen LogP contribution in [0.5, 0.6) is 0 Å². The quantitative estimate of drug-likeness (QED) is 0.218. The summed E-state index contributed by atoms with van der Waals surface area (Å²) in [6.07, 6.45) is 1.89. The fourth-order valence-electron chi connectivity index (χ4n) is 5.35. The molecule has 5 aromatic carbocycles. The van der Waals surface area contributed by atoms with E-state index in [2.05, 4.69) is 137 Å². The molecule has 1 heteroatoms. The Kier molecular flexibility index (Phi) is 6.97. The first kappa shape index (κ1) is 24.6. The average molecular weight is 476 g/mol. The zero-order valence-electron chi connectivity index (χ0n) is 22.3. The number of hydrogen-bond acceptors (Lipinski definition) is 0. The van der Waals surface area contributed by atoms with Crippen molar-refractivity contribution in [3.63, 3.8) is 0 Å². The van der Waals surface area contributed by atoms with Crippen LogP contribution in [0.25, 0.3) is 39.5 Å². The van der Waals surface area contributed by atoms with Crippen LogP contribution in [0.4, 0.5) is 0 Å². The SMILES string of the molecule is C=Cc1ccc(-c2cc(C)c(Bc3c(C)cc(-c4ccc(-c5ccccc5)cc4)cc3C)c(C)c2)cc1. The van der Waals surface area contributed by atoms with Gasteiger partial charge in [-0.15, -0.1) is 0 Å². The minimum absolute atomic E-state index is 0.957. The third-order valence-electron chi connectivity index (χ3n) is 7.55. The van der Waals surface area contributed by atoms with E-state index in [9.17, 15) is 0 Å². The van der Waals surface area contributed by atoms with Gasteiger partial charge >= 0.3 is 0 Å². The van der Waals surface area contributed by atoms with Crippen LogP contribution in [0.2, 0.25) is 0 Å². The van der Waals surface area contributed by atoms with Crippen molar-refractivity contribution < 1.29 is 0 Å². The first-order valence-corrected chi connectivity index (χ1v) is 13.0. The Morgan fingerprint density at radius 2 is 0.811 bits per heavy atom. The molecular weight excluding hydrogens is 443 g/mol. The summed E-state index contributed by atoms with van der Waals surface area (Å²) in [4.78, 5) is 0. The molecule has 0 saturated carbocycles. The van der Waals surface area contributed by atoms with Gasteiger partial charge in [0.15, 0.2) is 7.28 Å². The topological polar surface area (TPSA) is 0 Å². The monoisotopic (exact) mass is 476 g/mol. The average Bonchev–Trinajstić information content (AvgIpc) is 2.92. The van der Waals surface area contributed by atoms with Gasteiger partial charge in [-0.25, -0.2) is 0 Å². The van der Waals surface area contributed by atoms with Gasteiger partial charge in [0.05, 0.1) is 0 Å². The summed E-state index contributed by atoms with van der Waals surface area (Å²) in [5.41, 5.74) is 17.0. The summed E-state index contributed by atoms with van der Waals surface area (Å²) in [7, 11) is 0.957. The van der Waals surface area contributed by atoms with Gasteiger partial charge in [0.1, 0.15) is 0 Å². The lowest BCUT2D eigenvalue weighted by Crippen LogP contribution is -2.34. The lowest BCUT2D eigenvalue weighted by Gasteiger charge is -2.17. The third kappa shape index (κ3) is 5.22. The van der Waals surface area contributed by atoms with Crippen molar-refractivity contribution in [1.29, 1.82) is 0 Å². The van der Waals surface area contributed by atoms with Crippen LogP contribution in [0.1, 0.15) is 27.8 Å². The first-order chi connectivity index (χ1) is 17.9. The van der Waals surface area contributed by atoms with Gasteiger partial charge in [-0.2, -0.15) is 0 Å². The summed E-state index contributed by atoms with van der Waals surface area (Å²) in [5, 5.41) is 0. The van der Waals surface area contributed by atoms with Gasteiger partial charge < -0.3 is 0 Å². The summed E-state index contributed by atoms with van der Waals surface area (Å²) in [6.45, 7) is 12.9. The van der Waals surface area contributed by atoms with Crippen molar-refractivity contribution in [3.05, 3.63) is 138 Å². The molecule has 180 valence electrons. The Hall–Kier alpha value is -4.10. The number of benzene rings is 5. The zero-order valence-corrected chi connectivity index (χ0v) is 22.3. The molecule has 0 aliphatic carbocycles. The van der Waals surface area contributed by atoms with Crippen LogP contribution < -0.4 is 10.9 Å². The molecule has 0 amide bonds. The predicted molar refractivity (Wildman–Crippen MR) is 165 cm³/mol. The second kappa shape index (κ2) is 10.5. The molecule has 0 aliphatic rings. The number of rotatable bonds is 6. The Balaban J connectivity index is 1.41. The molecule has 0 spiro atoms.